The van der Waals surface area contributed by atoms with Crippen LogP contribution in [0.2, 0.25) is 0 Å². The maximum Gasteiger partial charge on any atom is 0.255 e. The highest BCUT2D eigenvalue weighted by atomic mass is 16.5. The first-order valence-electron chi connectivity index (χ1n) is 10.4. The molecule has 1 amide bonds. The quantitative estimate of drug-likeness (QED) is 0.444. The van der Waals surface area contributed by atoms with Crippen molar-refractivity contribution in [3.8, 4) is 5.75 Å². The Morgan fingerprint density at radius 1 is 0.969 bits per heavy atom. The number of fused-ring (bicyclic) bond motifs is 2. The molecule has 0 fully saturated rings. The van der Waals surface area contributed by atoms with Crippen molar-refractivity contribution < 1.29 is 9.53 Å². The summed E-state index contributed by atoms with van der Waals surface area (Å²) in [7, 11) is 0. The van der Waals surface area contributed by atoms with E-state index in [1.807, 2.05) is 83.8 Å². The van der Waals surface area contributed by atoms with Gasteiger partial charge in [0.1, 0.15) is 23.7 Å². The maximum absolute atomic E-state index is 12.9. The predicted octanol–water partition coefficient (Wildman–Crippen LogP) is 4.11. The lowest BCUT2D eigenvalue weighted by Gasteiger charge is -2.10. The molecule has 0 bridgehead atoms. The molecule has 0 saturated carbocycles. The van der Waals surface area contributed by atoms with Crippen LogP contribution in [0.15, 0.2) is 73.3 Å². The molecule has 5 aromatic rings. The molecule has 1 aromatic carbocycles. The van der Waals surface area contributed by atoms with Crippen molar-refractivity contribution in [2.45, 2.75) is 27.0 Å². The zero-order valence-electron chi connectivity index (χ0n) is 17.9. The zero-order chi connectivity index (χ0) is 22.1. The number of carbonyl (C=O) groups excluding carboxylic acids is 1. The van der Waals surface area contributed by atoms with Crippen LogP contribution in [0.5, 0.6) is 5.75 Å². The van der Waals surface area contributed by atoms with Gasteiger partial charge in [0.2, 0.25) is 0 Å². The number of aryl methyl sites for hydroxylation is 2. The van der Waals surface area contributed by atoms with Crippen molar-refractivity contribution in [1.29, 1.82) is 0 Å². The van der Waals surface area contributed by atoms with Crippen molar-refractivity contribution in [2.75, 3.05) is 0 Å². The number of aromatic nitrogens is 4. The Balaban J connectivity index is 1.28. The minimum atomic E-state index is -0.209. The lowest BCUT2D eigenvalue weighted by atomic mass is 10.2. The van der Waals surface area contributed by atoms with Gasteiger partial charge in [0, 0.05) is 24.8 Å². The first-order chi connectivity index (χ1) is 15.6. The molecule has 1 N–H and O–H groups in total. The highest BCUT2D eigenvalue weighted by Crippen LogP contribution is 2.20. The molecule has 7 heteroatoms. The lowest BCUT2D eigenvalue weighted by molar-refractivity contribution is 0.0946. The number of pyridine rings is 2. The average molecular weight is 425 g/mol. The second-order valence-electron chi connectivity index (χ2n) is 7.82. The molecule has 7 nitrogen and oxygen atoms in total. The lowest BCUT2D eigenvalue weighted by Crippen LogP contribution is -2.23. The van der Waals surface area contributed by atoms with Crippen LogP contribution < -0.4 is 10.1 Å². The Labute approximate surface area is 185 Å². The van der Waals surface area contributed by atoms with Gasteiger partial charge >= 0.3 is 0 Å². The molecule has 160 valence electrons. The number of nitrogens with one attached hydrogen (secondary N) is 1. The van der Waals surface area contributed by atoms with Crippen LogP contribution in [0.1, 0.15) is 32.9 Å². The number of amides is 1. The summed E-state index contributed by atoms with van der Waals surface area (Å²) in [6.45, 7) is 4.66. The number of rotatable bonds is 6. The molecule has 0 radical (unpaired) electrons. The Bertz CT molecular complexity index is 1430. The highest BCUT2D eigenvalue weighted by molar-refractivity contribution is 5.96. The van der Waals surface area contributed by atoms with Crippen LogP contribution in [0.25, 0.3) is 11.3 Å². The summed E-state index contributed by atoms with van der Waals surface area (Å²) in [5.74, 6) is 0.309. The van der Waals surface area contributed by atoms with Gasteiger partial charge in [-0.15, -0.1) is 0 Å². The van der Waals surface area contributed by atoms with Crippen LogP contribution in [-0.2, 0) is 13.2 Å². The topological polar surface area (TPSA) is 72.9 Å². The molecule has 0 spiro atoms. The van der Waals surface area contributed by atoms with Gasteiger partial charge in [-0.25, -0.2) is 9.97 Å². The Kier molecular flexibility index (Phi) is 5.07. The minimum absolute atomic E-state index is 0.209. The second kappa shape index (κ2) is 8.19. The van der Waals surface area contributed by atoms with Crippen LogP contribution in [0.4, 0.5) is 0 Å². The number of imidazole rings is 2. The third-order valence-corrected chi connectivity index (χ3v) is 5.33. The molecule has 0 aliphatic heterocycles. The van der Waals surface area contributed by atoms with Gasteiger partial charge in [-0.1, -0.05) is 18.2 Å². The molecule has 4 aromatic heterocycles. The molecule has 4 heterocycles. The van der Waals surface area contributed by atoms with Crippen molar-refractivity contribution in [1.82, 2.24) is 24.1 Å². The van der Waals surface area contributed by atoms with E-state index in [1.165, 1.54) is 0 Å². The molecular weight excluding hydrogens is 402 g/mol. The van der Waals surface area contributed by atoms with Gasteiger partial charge in [-0.3, -0.25) is 4.79 Å². The SMILES string of the molecule is Cc1ccn2cc(CNC(=O)c3ccccc3OCc3cn4cccc(C)c4n3)nc2c1. The molecular formula is C25H23N5O2. The molecule has 0 unspecified atom stereocenters. The molecule has 32 heavy (non-hydrogen) atoms. The standard InChI is InChI=1S/C25H23N5O2/c1-17-9-11-29-14-19(27-23(29)12-17)13-26-25(31)21-7-3-4-8-22(21)32-16-20-15-30-10-5-6-18(2)24(30)28-20/h3-12,14-15H,13,16H2,1-2H3,(H,26,31). The summed E-state index contributed by atoms with van der Waals surface area (Å²) >= 11 is 0. The van der Waals surface area contributed by atoms with Crippen LogP contribution in [0.3, 0.4) is 0 Å². The maximum atomic E-state index is 12.9. The van der Waals surface area contributed by atoms with Gasteiger partial charge in [0.05, 0.1) is 23.5 Å². The summed E-state index contributed by atoms with van der Waals surface area (Å²) in [6, 6.07) is 15.3. The zero-order valence-corrected chi connectivity index (χ0v) is 17.9. The Morgan fingerprint density at radius 3 is 2.69 bits per heavy atom. The number of carbonyl (C=O) groups is 1. The van der Waals surface area contributed by atoms with E-state index in [0.29, 0.717) is 17.9 Å². The second-order valence-corrected chi connectivity index (χ2v) is 7.82. The van der Waals surface area contributed by atoms with Crippen LogP contribution >= 0.6 is 0 Å². The third-order valence-electron chi connectivity index (χ3n) is 5.33. The van der Waals surface area contributed by atoms with E-state index in [1.54, 1.807) is 12.1 Å². The van der Waals surface area contributed by atoms with Crippen molar-refractivity contribution in [2.24, 2.45) is 0 Å². The van der Waals surface area contributed by atoms with E-state index in [9.17, 15) is 4.79 Å². The fraction of sp³-hybridized carbons (Fsp3) is 0.160. The summed E-state index contributed by atoms with van der Waals surface area (Å²) in [4.78, 5) is 22.1. The number of nitrogens with zero attached hydrogens (tertiary/aromatic N) is 4. The van der Waals surface area contributed by atoms with Gasteiger partial charge in [0.25, 0.3) is 5.91 Å². The number of hydrogen-bond donors (Lipinski definition) is 1. The number of hydrogen-bond acceptors (Lipinski definition) is 4. The van der Waals surface area contributed by atoms with Crippen molar-refractivity contribution in [3.63, 3.8) is 0 Å². The predicted molar refractivity (Wildman–Crippen MR) is 122 cm³/mol. The van der Waals surface area contributed by atoms with E-state index in [0.717, 1.165) is 33.8 Å². The Hall–Kier alpha value is -4.13. The summed E-state index contributed by atoms with van der Waals surface area (Å²) in [5.41, 5.74) is 6.08. The first kappa shape index (κ1) is 19.8. The molecule has 5 rings (SSSR count). The fourth-order valence-corrected chi connectivity index (χ4v) is 3.69. The smallest absolute Gasteiger partial charge is 0.255 e. The molecule has 0 aliphatic carbocycles. The van der Waals surface area contributed by atoms with E-state index in [2.05, 4.69) is 15.3 Å². The van der Waals surface area contributed by atoms with Crippen molar-refractivity contribution in [3.05, 3.63) is 101 Å². The summed E-state index contributed by atoms with van der Waals surface area (Å²) in [5, 5.41) is 2.94. The van der Waals surface area contributed by atoms with E-state index >= 15 is 0 Å². The minimum Gasteiger partial charge on any atom is -0.486 e. The highest BCUT2D eigenvalue weighted by Gasteiger charge is 2.14. The number of benzene rings is 1. The largest absolute Gasteiger partial charge is 0.486 e. The number of para-hydroxylation sites is 1. The Morgan fingerprint density at radius 2 is 1.81 bits per heavy atom. The molecule has 0 saturated heterocycles. The fourth-order valence-electron chi connectivity index (χ4n) is 3.69. The molecule has 0 atom stereocenters. The average Bonchev–Trinajstić information content (AvgIpc) is 3.40. The normalized spacial score (nSPS) is 11.2. The summed E-state index contributed by atoms with van der Waals surface area (Å²) < 4.78 is 9.89. The number of ether oxygens (including phenoxy) is 1. The summed E-state index contributed by atoms with van der Waals surface area (Å²) in [6.07, 6.45) is 7.78. The third kappa shape index (κ3) is 3.92. The van der Waals surface area contributed by atoms with Gasteiger partial charge in [-0.2, -0.15) is 0 Å². The van der Waals surface area contributed by atoms with Gasteiger partial charge < -0.3 is 18.9 Å². The van der Waals surface area contributed by atoms with Crippen molar-refractivity contribution >= 4 is 17.2 Å². The van der Waals surface area contributed by atoms with Gasteiger partial charge in [-0.05, 0) is 55.3 Å². The van der Waals surface area contributed by atoms with Gasteiger partial charge in [0.15, 0.2) is 0 Å². The first-order valence-corrected chi connectivity index (χ1v) is 10.4. The van der Waals surface area contributed by atoms with E-state index in [4.69, 9.17) is 4.74 Å². The molecule has 0 aliphatic rings. The van der Waals surface area contributed by atoms with E-state index in [-0.39, 0.29) is 12.5 Å². The monoisotopic (exact) mass is 425 g/mol. The van der Waals surface area contributed by atoms with Crippen LogP contribution in [-0.4, -0.2) is 24.7 Å². The van der Waals surface area contributed by atoms with E-state index < -0.39 is 0 Å². The van der Waals surface area contributed by atoms with Crippen LogP contribution in [0, 0.1) is 13.8 Å².